The second kappa shape index (κ2) is 13.8. The predicted molar refractivity (Wildman–Crippen MR) is 142 cm³/mol. The highest BCUT2D eigenvalue weighted by molar-refractivity contribution is 6.01. The van der Waals surface area contributed by atoms with Gasteiger partial charge in [0.05, 0.1) is 5.71 Å². The molecule has 3 heterocycles. The third-order valence-corrected chi connectivity index (χ3v) is 5.31. The van der Waals surface area contributed by atoms with Gasteiger partial charge in [0.2, 0.25) is 0 Å². The van der Waals surface area contributed by atoms with Crippen molar-refractivity contribution in [3.05, 3.63) is 24.3 Å². The highest BCUT2D eigenvalue weighted by atomic mass is 15.2. The lowest BCUT2D eigenvalue weighted by molar-refractivity contribution is 0.0609. The standard InChI is InChI=1S/C10H21N.C8H12N2.C7H12N2.C2H6/c1-9-7-5-6-8-11(9)10(2,3)4;1-8(2,3)7-9-5-4-6-10-7;1-7(2,3)6-4-5-8-9-6;1-2/h9H,5-8H2,1-4H3;4-6H,1-3H3;5H,4H2,1-3H3;1-2H3. The molecule has 0 radical (unpaired) electrons. The second-order valence-electron chi connectivity index (χ2n) is 11.3. The number of aromatic nitrogens is 2. The van der Waals surface area contributed by atoms with Gasteiger partial charge in [-0.15, -0.1) is 0 Å². The van der Waals surface area contributed by atoms with Gasteiger partial charge < -0.3 is 0 Å². The Morgan fingerprint density at radius 1 is 0.844 bits per heavy atom. The van der Waals surface area contributed by atoms with E-state index in [0.29, 0.717) is 5.54 Å². The van der Waals surface area contributed by atoms with Crippen LogP contribution in [-0.2, 0) is 5.41 Å². The molecular weight excluding hydrogens is 394 g/mol. The molecule has 2 aliphatic rings. The van der Waals surface area contributed by atoms with Gasteiger partial charge in [-0.2, -0.15) is 10.2 Å². The van der Waals surface area contributed by atoms with Gasteiger partial charge in [0.15, 0.2) is 0 Å². The van der Waals surface area contributed by atoms with Crippen LogP contribution in [0.15, 0.2) is 28.7 Å². The van der Waals surface area contributed by atoms with Crippen molar-refractivity contribution >= 4 is 11.9 Å². The van der Waals surface area contributed by atoms with Crippen molar-refractivity contribution in [2.75, 3.05) is 6.54 Å². The summed E-state index contributed by atoms with van der Waals surface area (Å²) in [5.74, 6) is 0.898. The molecule has 0 aromatic carbocycles. The molecular formula is C27H51N5. The van der Waals surface area contributed by atoms with E-state index in [9.17, 15) is 0 Å². The van der Waals surface area contributed by atoms with E-state index in [-0.39, 0.29) is 10.8 Å². The van der Waals surface area contributed by atoms with E-state index in [0.717, 1.165) is 18.3 Å². The van der Waals surface area contributed by atoms with Gasteiger partial charge in [0.25, 0.3) is 0 Å². The molecule has 1 unspecified atom stereocenters. The van der Waals surface area contributed by atoms with E-state index in [1.807, 2.05) is 26.1 Å². The second-order valence-corrected chi connectivity index (χ2v) is 11.3. The molecule has 0 saturated carbocycles. The molecule has 0 spiro atoms. The Balaban J connectivity index is 0.000000435. The van der Waals surface area contributed by atoms with Gasteiger partial charge >= 0.3 is 0 Å². The summed E-state index contributed by atoms with van der Waals surface area (Å²) in [6.07, 6.45) is 10.5. The number of hydrogen-bond acceptors (Lipinski definition) is 5. The number of piperidine rings is 1. The molecule has 5 heteroatoms. The molecule has 0 amide bonds. The van der Waals surface area contributed by atoms with Crippen LogP contribution in [0, 0.1) is 5.41 Å². The maximum absolute atomic E-state index is 4.14. The molecule has 2 aliphatic heterocycles. The first-order valence-electron chi connectivity index (χ1n) is 12.4. The monoisotopic (exact) mass is 445 g/mol. The van der Waals surface area contributed by atoms with Crippen molar-refractivity contribution in [1.82, 2.24) is 14.9 Å². The first kappa shape index (κ1) is 30.4. The Morgan fingerprint density at radius 2 is 1.41 bits per heavy atom. The van der Waals surface area contributed by atoms with Crippen molar-refractivity contribution in [2.24, 2.45) is 15.6 Å². The minimum Gasteiger partial charge on any atom is -0.296 e. The lowest BCUT2D eigenvalue weighted by Crippen LogP contribution is -2.49. The third-order valence-electron chi connectivity index (χ3n) is 5.31. The Bertz CT molecular complexity index is 673. The van der Waals surface area contributed by atoms with Crippen LogP contribution in [0.2, 0.25) is 0 Å². The van der Waals surface area contributed by atoms with E-state index in [1.54, 1.807) is 12.4 Å². The molecule has 0 bridgehead atoms. The Hall–Kier alpha value is -1.62. The van der Waals surface area contributed by atoms with Crippen LogP contribution in [-0.4, -0.2) is 44.9 Å². The first-order valence-corrected chi connectivity index (χ1v) is 12.4. The quantitative estimate of drug-likeness (QED) is 0.420. The van der Waals surface area contributed by atoms with Crippen LogP contribution in [0.5, 0.6) is 0 Å². The first-order chi connectivity index (χ1) is 14.7. The molecule has 0 N–H and O–H groups in total. The van der Waals surface area contributed by atoms with Crippen molar-refractivity contribution in [3.8, 4) is 0 Å². The van der Waals surface area contributed by atoms with Gasteiger partial charge in [-0.05, 0) is 53.1 Å². The fourth-order valence-electron chi connectivity index (χ4n) is 3.52. The largest absolute Gasteiger partial charge is 0.296 e. The lowest BCUT2D eigenvalue weighted by Gasteiger charge is -2.43. The average molecular weight is 446 g/mol. The zero-order valence-electron chi connectivity index (χ0n) is 23.2. The zero-order chi connectivity index (χ0) is 25.0. The Kier molecular flexibility index (Phi) is 13.1. The van der Waals surface area contributed by atoms with E-state index >= 15 is 0 Å². The van der Waals surface area contributed by atoms with Crippen molar-refractivity contribution in [2.45, 2.75) is 126 Å². The third kappa shape index (κ3) is 11.8. The predicted octanol–water partition coefficient (Wildman–Crippen LogP) is 7.32. The normalized spacial score (nSPS) is 18.9. The zero-order valence-corrected chi connectivity index (χ0v) is 23.2. The van der Waals surface area contributed by atoms with Gasteiger partial charge in [0.1, 0.15) is 5.82 Å². The summed E-state index contributed by atoms with van der Waals surface area (Å²) >= 11 is 0. The molecule has 1 saturated heterocycles. The maximum Gasteiger partial charge on any atom is 0.133 e. The van der Waals surface area contributed by atoms with Crippen LogP contribution in [0.1, 0.15) is 115 Å². The SMILES string of the molecule is CC.CC(C)(C)C1=NN=CC1.CC(C)(C)c1ncccn1.CC1CCCCN1C(C)(C)C. The minimum absolute atomic E-state index is 0.0707. The van der Waals surface area contributed by atoms with Crippen molar-refractivity contribution < 1.29 is 0 Å². The number of nitrogens with zero attached hydrogens (tertiary/aromatic N) is 5. The van der Waals surface area contributed by atoms with Crippen LogP contribution < -0.4 is 0 Å². The number of rotatable bonds is 0. The molecule has 0 aliphatic carbocycles. The lowest BCUT2D eigenvalue weighted by atomic mass is 9.89. The summed E-state index contributed by atoms with van der Waals surface area (Å²) in [5, 5.41) is 7.79. The van der Waals surface area contributed by atoms with E-state index in [4.69, 9.17) is 0 Å². The van der Waals surface area contributed by atoms with Gasteiger partial charge in [-0.3, -0.25) is 4.90 Å². The van der Waals surface area contributed by atoms with Crippen LogP contribution in [0.25, 0.3) is 0 Å². The molecule has 5 nitrogen and oxygen atoms in total. The summed E-state index contributed by atoms with van der Waals surface area (Å²) in [4.78, 5) is 10.9. The maximum atomic E-state index is 4.14. The summed E-state index contributed by atoms with van der Waals surface area (Å²) in [6.45, 7) is 27.3. The molecule has 1 atom stereocenters. The topological polar surface area (TPSA) is 53.7 Å². The molecule has 1 aromatic heterocycles. The molecule has 1 fully saturated rings. The highest BCUT2D eigenvalue weighted by Gasteiger charge is 2.27. The number of hydrogen-bond donors (Lipinski definition) is 0. The number of likely N-dealkylation sites (tertiary alicyclic amines) is 1. The molecule has 3 rings (SSSR count). The van der Waals surface area contributed by atoms with Crippen LogP contribution in [0.3, 0.4) is 0 Å². The van der Waals surface area contributed by atoms with Crippen LogP contribution in [0.4, 0.5) is 0 Å². The smallest absolute Gasteiger partial charge is 0.133 e. The summed E-state index contributed by atoms with van der Waals surface area (Å²) in [7, 11) is 0. The van der Waals surface area contributed by atoms with Crippen molar-refractivity contribution in [3.63, 3.8) is 0 Å². The summed E-state index contributed by atoms with van der Waals surface area (Å²) in [5.41, 5.74) is 1.83. The van der Waals surface area contributed by atoms with E-state index in [2.05, 4.69) is 94.3 Å². The molecule has 32 heavy (non-hydrogen) atoms. The van der Waals surface area contributed by atoms with Gasteiger partial charge in [-0.25, -0.2) is 9.97 Å². The van der Waals surface area contributed by atoms with E-state index in [1.165, 1.54) is 31.5 Å². The average Bonchev–Trinajstić information content (AvgIpc) is 3.26. The Labute approximate surface area is 199 Å². The van der Waals surface area contributed by atoms with E-state index < -0.39 is 0 Å². The van der Waals surface area contributed by atoms with Crippen molar-refractivity contribution in [1.29, 1.82) is 0 Å². The van der Waals surface area contributed by atoms with Crippen LogP contribution >= 0.6 is 0 Å². The molecule has 184 valence electrons. The van der Waals surface area contributed by atoms with Gasteiger partial charge in [-0.1, -0.05) is 61.8 Å². The molecule has 1 aromatic rings. The summed E-state index contributed by atoms with van der Waals surface area (Å²) in [6, 6.07) is 2.62. The fraction of sp³-hybridized carbons (Fsp3) is 0.778. The minimum atomic E-state index is 0.0707. The highest BCUT2D eigenvalue weighted by Crippen LogP contribution is 2.24. The summed E-state index contributed by atoms with van der Waals surface area (Å²) < 4.78 is 0. The Morgan fingerprint density at radius 3 is 1.69 bits per heavy atom. The fourth-order valence-corrected chi connectivity index (χ4v) is 3.52. The van der Waals surface area contributed by atoms with Gasteiger partial charge in [0, 0.05) is 47.4 Å².